The van der Waals surface area contributed by atoms with Crippen LogP contribution in [0.25, 0.3) is 5.69 Å². The van der Waals surface area contributed by atoms with Gasteiger partial charge in [-0.25, -0.2) is 9.07 Å². The zero-order valence-electron chi connectivity index (χ0n) is 17.6. The first-order chi connectivity index (χ1) is 15.6. The lowest BCUT2D eigenvalue weighted by Gasteiger charge is -2.36. The fourth-order valence-electron chi connectivity index (χ4n) is 4.40. The van der Waals surface area contributed by atoms with Crippen molar-refractivity contribution >= 4 is 11.6 Å². The van der Waals surface area contributed by atoms with E-state index in [9.17, 15) is 9.18 Å². The van der Waals surface area contributed by atoms with Crippen molar-refractivity contribution in [3.05, 3.63) is 65.7 Å². The number of amides is 1. The Bertz CT molecular complexity index is 1120. The SMILES string of the molecule is NC(=O)c1c2c(nn1-c1ccc(Oc3cccc(F)c3)cc1)C(N1CCNCC1)CCN2. The van der Waals surface area contributed by atoms with Gasteiger partial charge in [0.25, 0.3) is 5.91 Å². The van der Waals surface area contributed by atoms with Crippen molar-refractivity contribution in [3.8, 4) is 17.2 Å². The maximum atomic E-state index is 13.4. The fraction of sp³-hybridized carbons (Fsp3) is 0.304. The van der Waals surface area contributed by atoms with Gasteiger partial charge in [-0.3, -0.25) is 9.69 Å². The summed E-state index contributed by atoms with van der Waals surface area (Å²) < 4.78 is 20.7. The van der Waals surface area contributed by atoms with E-state index < -0.39 is 5.91 Å². The summed E-state index contributed by atoms with van der Waals surface area (Å²) in [5.41, 5.74) is 8.38. The van der Waals surface area contributed by atoms with Gasteiger partial charge in [0.2, 0.25) is 0 Å². The Morgan fingerprint density at radius 2 is 1.88 bits per heavy atom. The van der Waals surface area contributed by atoms with E-state index in [1.807, 2.05) is 0 Å². The third kappa shape index (κ3) is 3.92. The number of carbonyl (C=O) groups is 1. The molecule has 0 spiro atoms. The van der Waals surface area contributed by atoms with Crippen molar-refractivity contribution in [3.63, 3.8) is 0 Å². The van der Waals surface area contributed by atoms with Crippen LogP contribution in [0.2, 0.25) is 0 Å². The number of aromatic nitrogens is 2. The van der Waals surface area contributed by atoms with Crippen LogP contribution in [-0.4, -0.2) is 53.3 Å². The first-order valence-corrected chi connectivity index (χ1v) is 10.8. The van der Waals surface area contributed by atoms with E-state index in [0.717, 1.165) is 44.8 Å². The number of primary amides is 1. The number of fused-ring (bicyclic) bond motifs is 1. The van der Waals surface area contributed by atoms with Gasteiger partial charge in [-0.05, 0) is 42.8 Å². The molecule has 1 unspecified atom stereocenters. The molecule has 3 aromatic rings. The summed E-state index contributed by atoms with van der Waals surface area (Å²) >= 11 is 0. The van der Waals surface area contributed by atoms with Crippen LogP contribution in [0.1, 0.15) is 28.6 Å². The molecule has 0 bridgehead atoms. The summed E-state index contributed by atoms with van der Waals surface area (Å²) in [6, 6.07) is 13.2. The highest BCUT2D eigenvalue weighted by atomic mass is 19.1. The topological polar surface area (TPSA) is 97.4 Å². The Morgan fingerprint density at radius 3 is 2.59 bits per heavy atom. The molecule has 0 saturated carbocycles. The minimum absolute atomic E-state index is 0.142. The van der Waals surface area contributed by atoms with Gasteiger partial charge in [-0.2, -0.15) is 5.10 Å². The highest BCUT2D eigenvalue weighted by Crippen LogP contribution is 2.37. The number of halogens is 1. The smallest absolute Gasteiger partial charge is 0.269 e. The molecule has 5 rings (SSSR count). The molecule has 166 valence electrons. The van der Waals surface area contributed by atoms with Gasteiger partial charge in [-0.15, -0.1) is 0 Å². The Labute approximate surface area is 185 Å². The second-order valence-corrected chi connectivity index (χ2v) is 7.96. The lowest BCUT2D eigenvalue weighted by molar-refractivity contribution is 0.0993. The molecule has 1 fully saturated rings. The molecule has 9 heteroatoms. The zero-order valence-corrected chi connectivity index (χ0v) is 17.6. The summed E-state index contributed by atoms with van der Waals surface area (Å²) in [4.78, 5) is 14.8. The van der Waals surface area contributed by atoms with Gasteiger partial charge in [0.1, 0.15) is 23.0 Å². The number of piperazine rings is 1. The molecule has 1 saturated heterocycles. The number of anilines is 1. The van der Waals surface area contributed by atoms with E-state index >= 15 is 0 Å². The molecular formula is C23H25FN6O2. The molecule has 3 heterocycles. The molecule has 0 radical (unpaired) electrons. The second-order valence-electron chi connectivity index (χ2n) is 7.96. The molecule has 1 amide bonds. The van der Waals surface area contributed by atoms with E-state index in [4.69, 9.17) is 15.6 Å². The second kappa shape index (κ2) is 8.60. The van der Waals surface area contributed by atoms with Crippen LogP contribution in [0.15, 0.2) is 48.5 Å². The number of rotatable bonds is 5. The maximum Gasteiger partial charge on any atom is 0.269 e. The van der Waals surface area contributed by atoms with Crippen LogP contribution in [0.3, 0.4) is 0 Å². The van der Waals surface area contributed by atoms with Crippen LogP contribution in [0.5, 0.6) is 11.5 Å². The molecule has 4 N–H and O–H groups in total. The Hall–Kier alpha value is -3.43. The van der Waals surface area contributed by atoms with E-state index in [0.29, 0.717) is 28.6 Å². The van der Waals surface area contributed by atoms with Gasteiger partial charge in [0, 0.05) is 38.8 Å². The van der Waals surface area contributed by atoms with Crippen molar-refractivity contribution in [1.82, 2.24) is 20.0 Å². The average molecular weight is 436 g/mol. The lowest BCUT2D eigenvalue weighted by atomic mass is 10.0. The van der Waals surface area contributed by atoms with Crippen molar-refractivity contribution in [2.75, 3.05) is 38.0 Å². The minimum Gasteiger partial charge on any atom is -0.457 e. The molecule has 1 aromatic heterocycles. The largest absolute Gasteiger partial charge is 0.457 e. The summed E-state index contributed by atoms with van der Waals surface area (Å²) in [5.74, 6) is 0.0630. The average Bonchev–Trinajstić information content (AvgIpc) is 3.20. The Morgan fingerprint density at radius 1 is 1.09 bits per heavy atom. The molecular weight excluding hydrogens is 411 g/mol. The zero-order chi connectivity index (χ0) is 22.1. The van der Waals surface area contributed by atoms with Crippen LogP contribution in [0, 0.1) is 5.82 Å². The maximum absolute atomic E-state index is 13.4. The van der Waals surface area contributed by atoms with Gasteiger partial charge in [0.05, 0.1) is 17.4 Å². The van der Waals surface area contributed by atoms with E-state index in [1.54, 1.807) is 41.1 Å². The molecule has 2 aromatic carbocycles. The van der Waals surface area contributed by atoms with E-state index in [2.05, 4.69) is 15.5 Å². The molecule has 0 aliphatic carbocycles. The minimum atomic E-state index is -0.535. The number of nitrogens with one attached hydrogen (secondary N) is 2. The first-order valence-electron chi connectivity index (χ1n) is 10.8. The third-order valence-corrected chi connectivity index (χ3v) is 5.89. The van der Waals surface area contributed by atoms with Crippen LogP contribution in [0.4, 0.5) is 10.1 Å². The Balaban J connectivity index is 1.46. The predicted octanol–water partition coefficient (Wildman–Crippen LogP) is 2.66. The van der Waals surface area contributed by atoms with Crippen molar-refractivity contribution < 1.29 is 13.9 Å². The number of hydrogen-bond donors (Lipinski definition) is 3. The predicted molar refractivity (Wildman–Crippen MR) is 119 cm³/mol. The normalized spacial score (nSPS) is 18.6. The summed E-state index contributed by atoms with van der Waals surface area (Å²) in [5, 5.41) is 11.5. The number of benzene rings is 2. The van der Waals surface area contributed by atoms with Gasteiger partial charge < -0.3 is 21.1 Å². The van der Waals surface area contributed by atoms with E-state index in [1.165, 1.54) is 12.1 Å². The highest BCUT2D eigenvalue weighted by molar-refractivity contribution is 5.98. The van der Waals surface area contributed by atoms with Gasteiger partial charge >= 0.3 is 0 Å². The number of hydrogen-bond acceptors (Lipinski definition) is 6. The summed E-state index contributed by atoms with van der Waals surface area (Å²) in [6.45, 7) is 4.52. The lowest BCUT2D eigenvalue weighted by Crippen LogP contribution is -2.46. The molecule has 2 aliphatic heterocycles. The third-order valence-electron chi connectivity index (χ3n) is 5.89. The number of nitrogens with zero attached hydrogens (tertiary/aromatic N) is 3. The summed E-state index contributed by atoms with van der Waals surface area (Å²) in [7, 11) is 0. The van der Waals surface area contributed by atoms with Crippen LogP contribution in [-0.2, 0) is 0 Å². The van der Waals surface area contributed by atoms with Crippen molar-refractivity contribution in [2.24, 2.45) is 5.73 Å². The number of nitrogens with two attached hydrogens (primary N) is 1. The first kappa shape index (κ1) is 20.5. The highest BCUT2D eigenvalue weighted by Gasteiger charge is 2.34. The quantitative estimate of drug-likeness (QED) is 0.569. The fourth-order valence-corrected chi connectivity index (χ4v) is 4.40. The number of ether oxygens (including phenoxy) is 1. The number of carbonyl (C=O) groups excluding carboxylic acids is 1. The van der Waals surface area contributed by atoms with E-state index in [-0.39, 0.29) is 11.9 Å². The van der Waals surface area contributed by atoms with Gasteiger partial charge in [-0.1, -0.05) is 6.07 Å². The van der Waals surface area contributed by atoms with Crippen LogP contribution >= 0.6 is 0 Å². The monoisotopic (exact) mass is 436 g/mol. The molecule has 8 nitrogen and oxygen atoms in total. The van der Waals surface area contributed by atoms with Crippen molar-refractivity contribution in [1.29, 1.82) is 0 Å². The molecule has 2 aliphatic rings. The summed E-state index contributed by atoms with van der Waals surface area (Å²) in [6.07, 6.45) is 0.919. The standard InChI is InChI=1S/C23H25FN6O2/c24-15-2-1-3-18(14-15)32-17-6-4-16(5-7-17)30-22(23(25)31)21-20(28-30)19(8-9-27-21)29-12-10-26-11-13-29/h1-7,14,19,26-27H,8-13H2,(H2,25,31). The van der Waals surface area contributed by atoms with Crippen LogP contribution < -0.4 is 21.1 Å². The molecule has 1 atom stereocenters. The van der Waals surface area contributed by atoms with Crippen molar-refractivity contribution in [2.45, 2.75) is 12.5 Å². The molecule has 32 heavy (non-hydrogen) atoms. The van der Waals surface area contributed by atoms with Gasteiger partial charge in [0.15, 0.2) is 5.69 Å². The Kier molecular flexibility index (Phi) is 5.50.